The van der Waals surface area contributed by atoms with E-state index in [4.69, 9.17) is 4.74 Å². The number of hydrogen-bond acceptors (Lipinski definition) is 5. The van der Waals surface area contributed by atoms with Crippen LogP contribution in [0.25, 0.3) is 6.08 Å². The minimum absolute atomic E-state index is 0.202. The zero-order chi connectivity index (χ0) is 13.7. The molecule has 0 aromatic carbocycles. The van der Waals surface area contributed by atoms with Crippen LogP contribution in [0.1, 0.15) is 12.6 Å². The van der Waals surface area contributed by atoms with Crippen molar-refractivity contribution >= 4 is 17.9 Å². The summed E-state index contributed by atoms with van der Waals surface area (Å²) in [4.78, 5) is 15.6. The molecule has 2 N–H and O–H groups in total. The van der Waals surface area contributed by atoms with Crippen LogP contribution in [0.4, 0.5) is 5.95 Å². The molecule has 0 aliphatic carbocycles. The lowest BCUT2D eigenvalue weighted by Crippen LogP contribution is -2.09. The Kier molecular flexibility index (Phi) is 3.91. The van der Waals surface area contributed by atoms with Gasteiger partial charge >= 0.3 is 6.01 Å². The number of H-pyrrole nitrogens is 1. The number of aromatic amines is 1. The van der Waals surface area contributed by atoms with Crippen LogP contribution in [0.5, 0.6) is 6.01 Å². The molecule has 0 aliphatic rings. The van der Waals surface area contributed by atoms with E-state index in [9.17, 15) is 4.79 Å². The van der Waals surface area contributed by atoms with Gasteiger partial charge in [-0.05, 0) is 19.1 Å². The zero-order valence-electron chi connectivity index (χ0n) is 10.6. The van der Waals surface area contributed by atoms with Crippen molar-refractivity contribution in [3.8, 4) is 6.01 Å². The number of anilines is 1. The van der Waals surface area contributed by atoms with Crippen LogP contribution >= 0.6 is 0 Å². The van der Waals surface area contributed by atoms with Gasteiger partial charge in [-0.1, -0.05) is 0 Å². The van der Waals surface area contributed by atoms with E-state index in [2.05, 4.69) is 25.6 Å². The van der Waals surface area contributed by atoms with Gasteiger partial charge in [-0.2, -0.15) is 10.1 Å². The van der Waals surface area contributed by atoms with E-state index in [1.165, 1.54) is 6.08 Å². The molecule has 0 radical (unpaired) electrons. The summed E-state index contributed by atoms with van der Waals surface area (Å²) in [5.41, 5.74) is 0.822. The Hall–Kier alpha value is -2.64. The fourth-order valence-corrected chi connectivity index (χ4v) is 1.36. The van der Waals surface area contributed by atoms with E-state index < -0.39 is 0 Å². The smallest absolute Gasteiger partial charge is 0.337 e. The second kappa shape index (κ2) is 5.80. The van der Waals surface area contributed by atoms with Crippen molar-refractivity contribution in [2.45, 2.75) is 6.92 Å². The van der Waals surface area contributed by atoms with Crippen LogP contribution in [0.15, 0.2) is 18.3 Å². The highest BCUT2D eigenvalue weighted by Crippen LogP contribution is 2.06. The number of carbonyl (C=O) groups is 1. The molecule has 0 aliphatic heterocycles. The highest BCUT2D eigenvalue weighted by molar-refractivity contribution is 6.00. The second-order valence-corrected chi connectivity index (χ2v) is 3.60. The lowest BCUT2D eigenvalue weighted by molar-refractivity contribution is -0.111. The molecule has 2 heterocycles. The van der Waals surface area contributed by atoms with Crippen molar-refractivity contribution in [1.29, 1.82) is 0 Å². The van der Waals surface area contributed by atoms with Crippen LogP contribution in [-0.2, 0) is 11.8 Å². The lowest BCUT2D eigenvalue weighted by atomic mass is 10.3. The molecular formula is C11H14N6O2. The van der Waals surface area contributed by atoms with E-state index in [1.807, 2.05) is 6.92 Å². The highest BCUT2D eigenvalue weighted by Gasteiger charge is 2.05. The third-order valence-corrected chi connectivity index (χ3v) is 2.24. The third kappa shape index (κ3) is 3.41. The highest BCUT2D eigenvalue weighted by atomic mass is 16.5. The molecule has 0 spiro atoms. The second-order valence-electron chi connectivity index (χ2n) is 3.60. The molecule has 2 aromatic rings. The van der Waals surface area contributed by atoms with E-state index >= 15 is 0 Å². The Bertz CT molecular complexity index is 586. The fraction of sp³-hybridized carbons (Fsp3) is 0.273. The molecule has 2 rings (SSSR count). The first-order valence-corrected chi connectivity index (χ1v) is 5.71. The van der Waals surface area contributed by atoms with Crippen LogP contribution in [-0.4, -0.2) is 37.5 Å². The minimum Gasteiger partial charge on any atom is -0.463 e. The number of amides is 1. The molecule has 19 heavy (non-hydrogen) atoms. The summed E-state index contributed by atoms with van der Waals surface area (Å²) in [6.07, 6.45) is 4.70. The molecule has 8 heteroatoms. The van der Waals surface area contributed by atoms with Gasteiger partial charge in [-0.25, -0.2) is 5.10 Å². The predicted octanol–water partition coefficient (Wildman–Crippen LogP) is 0.589. The maximum atomic E-state index is 11.6. The van der Waals surface area contributed by atoms with Crippen molar-refractivity contribution in [3.05, 3.63) is 24.0 Å². The monoisotopic (exact) mass is 262 g/mol. The van der Waals surface area contributed by atoms with Gasteiger partial charge in [0.15, 0.2) is 0 Å². The Labute approximate surface area is 109 Å². The van der Waals surface area contributed by atoms with Gasteiger partial charge in [-0.3, -0.25) is 14.8 Å². The number of hydrogen-bond donors (Lipinski definition) is 2. The number of nitrogens with zero attached hydrogens (tertiary/aromatic N) is 4. The van der Waals surface area contributed by atoms with Gasteiger partial charge in [0.25, 0.3) is 5.91 Å². The molecule has 0 fully saturated rings. The van der Waals surface area contributed by atoms with Gasteiger partial charge < -0.3 is 4.74 Å². The van der Waals surface area contributed by atoms with Gasteiger partial charge in [0.2, 0.25) is 5.95 Å². The third-order valence-electron chi connectivity index (χ3n) is 2.24. The number of aryl methyl sites for hydroxylation is 1. The van der Waals surface area contributed by atoms with Crippen LogP contribution in [0, 0.1) is 0 Å². The summed E-state index contributed by atoms with van der Waals surface area (Å²) >= 11 is 0. The molecule has 0 saturated heterocycles. The Morgan fingerprint density at radius 3 is 3.16 bits per heavy atom. The fourth-order valence-electron chi connectivity index (χ4n) is 1.36. The molecule has 0 unspecified atom stereocenters. The molecule has 0 bridgehead atoms. The maximum Gasteiger partial charge on any atom is 0.337 e. The van der Waals surface area contributed by atoms with E-state index in [0.29, 0.717) is 6.61 Å². The average Bonchev–Trinajstić information content (AvgIpc) is 2.97. The summed E-state index contributed by atoms with van der Waals surface area (Å²) in [6.45, 7) is 2.29. The molecule has 1 amide bonds. The van der Waals surface area contributed by atoms with Gasteiger partial charge in [0.1, 0.15) is 0 Å². The molecule has 8 nitrogen and oxygen atoms in total. The van der Waals surface area contributed by atoms with Crippen molar-refractivity contribution in [2.24, 2.45) is 7.05 Å². The number of nitrogens with one attached hydrogen (secondary N) is 2. The van der Waals surface area contributed by atoms with Gasteiger partial charge in [-0.15, -0.1) is 5.10 Å². The van der Waals surface area contributed by atoms with Crippen LogP contribution in [0.2, 0.25) is 0 Å². The van der Waals surface area contributed by atoms with Crippen LogP contribution in [0.3, 0.4) is 0 Å². The van der Waals surface area contributed by atoms with Gasteiger partial charge in [0.05, 0.1) is 12.3 Å². The van der Waals surface area contributed by atoms with Crippen molar-refractivity contribution in [3.63, 3.8) is 0 Å². The van der Waals surface area contributed by atoms with Crippen LogP contribution < -0.4 is 10.1 Å². The maximum absolute atomic E-state index is 11.6. The number of carbonyl (C=O) groups excluding carboxylic acids is 1. The first-order chi connectivity index (χ1) is 9.19. The Morgan fingerprint density at radius 2 is 2.47 bits per heavy atom. The predicted molar refractivity (Wildman–Crippen MR) is 68.4 cm³/mol. The average molecular weight is 262 g/mol. The number of ether oxygens (including phenoxy) is 1. The molecule has 0 saturated carbocycles. The first kappa shape index (κ1) is 12.8. The van der Waals surface area contributed by atoms with Crippen molar-refractivity contribution in [2.75, 3.05) is 11.9 Å². The Balaban J connectivity index is 1.93. The quantitative estimate of drug-likeness (QED) is 0.768. The molecule has 100 valence electrons. The summed E-state index contributed by atoms with van der Waals surface area (Å²) in [5.74, 6) is -0.0801. The molecular weight excluding hydrogens is 248 g/mol. The normalized spacial score (nSPS) is 10.8. The molecule has 2 aromatic heterocycles. The SMILES string of the molecule is CCOc1n[nH]c(NC(=O)/C=C/c2ccnn2C)n1. The summed E-state index contributed by atoms with van der Waals surface area (Å²) in [7, 11) is 1.79. The topological polar surface area (TPSA) is 97.7 Å². The lowest BCUT2D eigenvalue weighted by Gasteiger charge is -1.96. The zero-order valence-corrected chi connectivity index (χ0v) is 10.6. The number of rotatable bonds is 5. The van der Waals surface area contributed by atoms with E-state index in [0.717, 1.165) is 5.69 Å². The minimum atomic E-state index is -0.319. The van der Waals surface area contributed by atoms with Gasteiger partial charge in [0, 0.05) is 19.3 Å². The summed E-state index contributed by atoms with van der Waals surface area (Å²) < 4.78 is 6.73. The van der Waals surface area contributed by atoms with E-state index in [-0.39, 0.29) is 17.9 Å². The largest absolute Gasteiger partial charge is 0.463 e. The Morgan fingerprint density at radius 1 is 1.63 bits per heavy atom. The van der Waals surface area contributed by atoms with Crippen molar-refractivity contribution < 1.29 is 9.53 Å². The first-order valence-electron chi connectivity index (χ1n) is 5.71. The standard InChI is InChI=1S/C11H14N6O2/c1-3-19-11-14-10(15-16-11)13-9(18)5-4-8-6-7-12-17(8)2/h4-7H,3H2,1-2H3,(H2,13,14,15,16,18)/b5-4+. The summed E-state index contributed by atoms with van der Waals surface area (Å²) in [5, 5.41) is 12.9. The van der Waals surface area contributed by atoms with E-state index in [1.54, 1.807) is 30.1 Å². The van der Waals surface area contributed by atoms with Crippen molar-refractivity contribution in [1.82, 2.24) is 25.0 Å². The summed E-state index contributed by atoms with van der Waals surface area (Å²) in [6, 6.07) is 2.00. The number of aromatic nitrogens is 5. The molecule has 0 atom stereocenters.